The van der Waals surface area contributed by atoms with Crippen LogP contribution in [-0.2, 0) is 4.74 Å². The number of anilines is 1. The van der Waals surface area contributed by atoms with Crippen LogP contribution < -0.4 is 5.32 Å². The lowest BCUT2D eigenvalue weighted by molar-refractivity contribution is 0.0520. The molecule has 5 nitrogen and oxygen atoms in total. The van der Waals surface area contributed by atoms with Gasteiger partial charge in [0.1, 0.15) is 12.4 Å². The molecule has 0 bridgehead atoms. The molecule has 20 heavy (non-hydrogen) atoms. The van der Waals surface area contributed by atoms with Gasteiger partial charge in [-0.1, -0.05) is 17.7 Å². The zero-order valence-electron chi connectivity index (χ0n) is 10.3. The molecule has 1 N–H and O–H groups in total. The van der Waals surface area contributed by atoms with Crippen LogP contribution in [0.3, 0.4) is 0 Å². The third-order valence-electron chi connectivity index (χ3n) is 2.36. The third kappa shape index (κ3) is 3.64. The highest BCUT2D eigenvalue weighted by atomic mass is 35.5. The molecular weight excluding hydrogens is 285 g/mol. The molecule has 0 unspecified atom stereocenters. The summed E-state index contributed by atoms with van der Waals surface area (Å²) in [6.07, 6.45) is 3.18. The van der Waals surface area contributed by atoms with E-state index in [-0.39, 0.29) is 17.2 Å². The summed E-state index contributed by atoms with van der Waals surface area (Å²) >= 11 is 5.69. The number of hydrogen-bond donors (Lipinski definition) is 1. The van der Waals surface area contributed by atoms with E-state index in [0.717, 1.165) is 0 Å². The van der Waals surface area contributed by atoms with E-state index >= 15 is 0 Å². The molecule has 2 rings (SSSR count). The SMILES string of the molecule is O=C(OCCNc1ncccn1)c1cccc(F)c1Cl. The van der Waals surface area contributed by atoms with E-state index in [1.54, 1.807) is 18.5 Å². The molecule has 7 heteroatoms. The first-order valence-electron chi connectivity index (χ1n) is 5.80. The number of aromatic nitrogens is 2. The number of nitrogens with zero attached hydrogens (tertiary/aromatic N) is 2. The topological polar surface area (TPSA) is 64.1 Å². The van der Waals surface area contributed by atoms with Gasteiger partial charge in [-0.15, -0.1) is 0 Å². The van der Waals surface area contributed by atoms with Crippen LogP contribution in [0.25, 0.3) is 0 Å². The standard InChI is InChI=1S/C13H11ClFN3O2/c14-11-9(3-1-4-10(11)15)12(19)20-8-7-18-13-16-5-2-6-17-13/h1-6H,7-8H2,(H,16,17,18). The molecule has 0 amide bonds. The van der Waals surface area contributed by atoms with Crippen LogP contribution in [0.15, 0.2) is 36.7 Å². The van der Waals surface area contributed by atoms with Gasteiger partial charge in [0.05, 0.1) is 17.1 Å². The molecule has 0 spiro atoms. The predicted octanol–water partition coefficient (Wildman–Crippen LogP) is 2.54. The molecule has 1 aromatic carbocycles. The zero-order chi connectivity index (χ0) is 14.4. The summed E-state index contributed by atoms with van der Waals surface area (Å²) in [5.41, 5.74) is 0.00243. The van der Waals surface area contributed by atoms with E-state index in [1.165, 1.54) is 18.2 Å². The minimum Gasteiger partial charge on any atom is -0.460 e. The van der Waals surface area contributed by atoms with Crippen molar-refractivity contribution in [2.75, 3.05) is 18.5 Å². The average Bonchev–Trinajstić information content (AvgIpc) is 2.47. The van der Waals surface area contributed by atoms with Gasteiger partial charge in [-0.25, -0.2) is 19.2 Å². The molecular formula is C13H11ClFN3O2. The van der Waals surface area contributed by atoms with Crippen molar-refractivity contribution in [3.05, 3.63) is 53.1 Å². The highest BCUT2D eigenvalue weighted by molar-refractivity contribution is 6.33. The molecule has 2 aromatic rings. The Morgan fingerprint density at radius 2 is 2.05 bits per heavy atom. The Hall–Kier alpha value is -2.21. The Morgan fingerprint density at radius 1 is 1.30 bits per heavy atom. The molecule has 0 aliphatic rings. The molecule has 0 aliphatic heterocycles. The fraction of sp³-hybridized carbons (Fsp3) is 0.154. The zero-order valence-corrected chi connectivity index (χ0v) is 11.1. The Balaban J connectivity index is 1.82. The Labute approximate surface area is 119 Å². The number of halogens is 2. The lowest BCUT2D eigenvalue weighted by Gasteiger charge is -2.07. The highest BCUT2D eigenvalue weighted by Gasteiger charge is 2.14. The van der Waals surface area contributed by atoms with Crippen molar-refractivity contribution in [1.29, 1.82) is 0 Å². The highest BCUT2D eigenvalue weighted by Crippen LogP contribution is 2.20. The second-order valence-corrected chi connectivity index (χ2v) is 4.11. The van der Waals surface area contributed by atoms with Crippen LogP contribution in [0.2, 0.25) is 5.02 Å². The van der Waals surface area contributed by atoms with Crippen molar-refractivity contribution < 1.29 is 13.9 Å². The van der Waals surface area contributed by atoms with Crippen LogP contribution in [0.1, 0.15) is 10.4 Å². The number of ether oxygens (including phenoxy) is 1. The van der Waals surface area contributed by atoms with Gasteiger partial charge in [-0.05, 0) is 18.2 Å². The molecule has 0 saturated carbocycles. The van der Waals surface area contributed by atoms with E-state index in [4.69, 9.17) is 16.3 Å². The van der Waals surface area contributed by atoms with Gasteiger partial charge in [0.2, 0.25) is 5.95 Å². The first kappa shape index (κ1) is 14.2. The summed E-state index contributed by atoms with van der Waals surface area (Å²) < 4.78 is 18.2. The maximum Gasteiger partial charge on any atom is 0.339 e. The molecule has 1 heterocycles. The maximum absolute atomic E-state index is 13.2. The monoisotopic (exact) mass is 295 g/mol. The number of nitrogens with one attached hydrogen (secondary N) is 1. The number of rotatable bonds is 5. The van der Waals surface area contributed by atoms with E-state index in [9.17, 15) is 9.18 Å². The summed E-state index contributed by atoms with van der Waals surface area (Å²) in [4.78, 5) is 19.6. The lowest BCUT2D eigenvalue weighted by Crippen LogP contribution is -2.15. The number of carbonyl (C=O) groups is 1. The summed E-state index contributed by atoms with van der Waals surface area (Å²) in [6.45, 7) is 0.423. The third-order valence-corrected chi connectivity index (χ3v) is 2.74. The van der Waals surface area contributed by atoms with Crippen molar-refractivity contribution >= 4 is 23.5 Å². The number of esters is 1. The van der Waals surface area contributed by atoms with E-state index in [0.29, 0.717) is 12.5 Å². The smallest absolute Gasteiger partial charge is 0.339 e. The van der Waals surface area contributed by atoms with Gasteiger partial charge in [0, 0.05) is 12.4 Å². The van der Waals surface area contributed by atoms with E-state index in [1.807, 2.05) is 0 Å². The van der Waals surface area contributed by atoms with Gasteiger partial charge in [0.25, 0.3) is 0 Å². The Kier molecular flexibility index (Phi) is 4.84. The normalized spacial score (nSPS) is 10.1. The molecule has 0 atom stereocenters. The van der Waals surface area contributed by atoms with Gasteiger partial charge >= 0.3 is 5.97 Å². The Bertz CT molecular complexity index is 595. The second-order valence-electron chi connectivity index (χ2n) is 3.74. The predicted molar refractivity (Wildman–Crippen MR) is 72.2 cm³/mol. The first-order chi connectivity index (χ1) is 9.68. The lowest BCUT2D eigenvalue weighted by atomic mass is 10.2. The Morgan fingerprint density at radius 3 is 2.80 bits per heavy atom. The van der Waals surface area contributed by atoms with Crippen LogP contribution >= 0.6 is 11.6 Å². The molecule has 104 valence electrons. The van der Waals surface area contributed by atoms with Crippen LogP contribution in [-0.4, -0.2) is 29.1 Å². The van der Waals surface area contributed by atoms with Crippen molar-refractivity contribution in [3.63, 3.8) is 0 Å². The van der Waals surface area contributed by atoms with Gasteiger partial charge in [-0.2, -0.15) is 0 Å². The summed E-state index contributed by atoms with van der Waals surface area (Å²) in [7, 11) is 0. The molecule has 0 saturated heterocycles. The van der Waals surface area contributed by atoms with Crippen LogP contribution in [0.5, 0.6) is 0 Å². The second kappa shape index (κ2) is 6.81. The van der Waals surface area contributed by atoms with E-state index < -0.39 is 11.8 Å². The first-order valence-corrected chi connectivity index (χ1v) is 6.18. The minimum atomic E-state index is -0.676. The molecule has 1 aromatic heterocycles. The molecule has 0 radical (unpaired) electrons. The van der Waals surface area contributed by atoms with Crippen molar-refractivity contribution in [1.82, 2.24) is 9.97 Å². The number of carbonyl (C=O) groups excluding carboxylic acids is 1. The quantitative estimate of drug-likeness (QED) is 0.678. The van der Waals surface area contributed by atoms with Gasteiger partial charge < -0.3 is 10.1 Å². The van der Waals surface area contributed by atoms with Crippen molar-refractivity contribution in [2.45, 2.75) is 0 Å². The fourth-order valence-corrected chi connectivity index (χ4v) is 1.64. The summed E-state index contributed by atoms with van der Waals surface area (Å²) in [5, 5.41) is 2.63. The van der Waals surface area contributed by atoms with Crippen LogP contribution in [0.4, 0.5) is 10.3 Å². The largest absolute Gasteiger partial charge is 0.460 e. The van der Waals surface area contributed by atoms with Gasteiger partial charge in [0.15, 0.2) is 0 Å². The fourth-order valence-electron chi connectivity index (χ4n) is 1.44. The molecule has 0 aliphatic carbocycles. The van der Waals surface area contributed by atoms with Gasteiger partial charge in [-0.3, -0.25) is 0 Å². The average molecular weight is 296 g/mol. The van der Waals surface area contributed by atoms with Crippen LogP contribution in [0, 0.1) is 5.82 Å². The maximum atomic E-state index is 13.2. The summed E-state index contributed by atoms with van der Waals surface area (Å²) in [5.74, 6) is -0.894. The summed E-state index contributed by atoms with van der Waals surface area (Å²) in [6, 6.07) is 5.67. The van der Waals surface area contributed by atoms with Crippen molar-refractivity contribution in [2.24, 2.45) is 0 Å². The number of benzene rings is 1. The van der Waals surface area contributed by atoms with Crippen molar-refractivity contribution in [3.8, 4) is 0 Å². The minimum absolute atomic E-state index is 0.00243. The molecule has 0 fully saturated rings. The van der Waals surface area contributed by atoms with E-state index in [2.05, 4.69) is 15.3 Å². The number of hydrogen-bond acceptors (Lipinski definition) is 5.